The van der Waals surface area contributed by atoms with E-state index in [0.29, 0.717) is 16.6 Å². The van der Waals surface area contributed by atoms with Crippen LogP contribution in [-0.2, 0) is 0 Å². The second kappa shape index (κ2) is 7.52. The van der Waals surface area contributed by atoms with Crippen molar-refractivity contribution in [1.82, 2.24) is 9.55 Å². The fourth-order valence-corrected chi connectivity index (χ4v) is 6.28. The molecule has 7 nitrogen and oxygen atoms in total. The van der Waals surface area contributed by atoms with Crippen LogP contribution in [0.3, 0.4) is 0 Å². The molecule has 3 aromatic heterocycles. The van der Waals surface area contributed by atoms with Crippen molar-refractivity contribution in [2.45, 2.75) is 0 Å². The van der Waals surface area contributed by atoms with Gasteiger partial charge in [0, 0.05) is 31.1 Å². The van der Waals surface area contributed by atoms with Crippen LogP contribution in [0, 0.1) is 0 Å². The third kappa shape index (κ3) is 2.84. The number of phenolic OH excluding ortho intramolecular Hbond substituents is 5. The molecular formula is C29H18N2O5S. The largest absolute Gasteiger partial charge is 0.503 e. The summed E-state index contributed by atoms with van der Waals surface area (Å²) < 4.78 is 3.63. The Morgan fingerprint density at radius 3 is 2.00 bits per heavy atom. The first kappa shape index (κ1) is 21.3. The Morgan fingerprint density at radius 1 is 0.595 bits per heavy atom. The summed E-state index contributed by atoms with van der Waals surface area (Å²) in [6, 6.07) is 25.3. The van der Waals surface area contributed by atoms with Crippen LogP contribution in [0.5, 0.6) is 28.7 Å². The highest BCUT2D eigenvalue weighted by Crippen LogP contribution is 2.54. The van der Waals surface area contributed by atoms with Gasteiger partial charge in [0.1, 0.15) is 5.69 Å². The summed E-state index contributed by atoms with van der Waals surface area (Å²) in [7, 11) is 0. The zero-order valence-corrected chi connectivity index (χ0v) is 19.9. The molecule has 0 aliphatic carbocycles. The molecule has 7 aromatic rings. The van der Waals surface area contributed by atoms with Crippen LogP contribution in [0.25, 0.3) is 59.1 Å². The maximum Gasteiger partial charge on any atom is 0.208 e. The summed E-state index contributed by atoms with van der Waals surface area (Å²) >= 11 is 1.62. The molecule has 0 bridgehead atoms. The Balaban J connectivity index is 1.70. The van der Waals surface area contributed by atoms with E-state index in [-0.39, 0.29) is 5.69 Å². The summed E-state index contributed by atoms with van der Waals surface area (Å²) in [6.07, 6.45) is 0. The van der Waals surface area contributed by atoms with Crippen LogP contribution in [-0.4, -0.2) is 35.1 Å². The maximum atomic E-state index is 10.8. The first-order valence-electron chi connectivity index (χ1n) is 11.5. The molecule has 0 atom stereocenters. The molecule has 0 spiro atoms. The van der Waals surface area contributed by atoms with Gasteiger partial charge in [-0.25, -0.2) is 4.98 Å². The number of pyridine rings is 1. The van der Waals surface area contributed by atoms with Crippen molar-refractivity contribution in [2.75, 3.05) is 0 Å². The Labute approximate surface area is 213 Å². The number of benzene rings is 4. The van der Waals surface area contributed by atoms with E-state index in [1.54, 1.807) is 15.9 Å². The van der Waals surface area contributed by atoms with Crippen molar-refractivity contribution >= 4 is 53.4 Å². The number of aromatic hydroxyl groups is 5. The van der Waals surface area contributed by atoms with Gasteiger partial charge in [-0.3, -0.25) is 0 Å². The number of thiophene rings is 1. The summed E-state index contributed by atoms with van der Waals surface area (Å²) in [5.74, 6) is -4.41. The lowest BCUT2D eigenvalue weighted by atomic mass is 10.1. The van der Waals surface area contributed by atoms with Crippen molar-refractivity contribution < 1.29 is 25.5 Å². The number of fused-ring (bicyclic) bond motifs is 7. The number of rotatable bonds is 2. The van der Waals surface area contributed by atoms with E-state index in [1.807, 2.05) is 66.7 Å². The Bertz CT molecular complexity index is 2010. The molecule has 0 saturated carbocycles. The van der Waals surface area contributed by atoms with Crippen LogP contribution in [0.1, 0.15) is 0 Å². The van der Waals surface area contributed by atoms with E-state index >= 15 is 0 Å². The third-order valence-electron chi connectivity index (χ3n) is 6.76. The molecule has 8 heteroatoms. The van der Waals surface area contributed by atoms with Gasteiger partial charge in [0.15, 0.2) is 11.5 Å². The second-order valence-electron chi connectivity index (χ2n) is 8.79. The normalized spacial score (nSPS) is 11.8. The van der Waals surface area contributed by atoms with Crippen molar-refractivity contribution in [2.24, 2.45) is 0 Å². The highest BCUT2D eigenvalue weighted by Gasteiger charge is 2.28. The summed E-state index contributed by atoms with van der Waals surface area (Å²) in [4.78, 5) is 5.01. The molecule has 0 radical (unpaired) electrons. The highest BCUT2D eigenvalue weighted by atomic mass is 32.1. The second-order valence-corrected chi connectivity index (χ2v) is 9.84. The Kier molecular flexibility index (Phi) is 4.34. The summed E-state index contributed by atoms with van der Waals surface area (Å²) in [5.41, 5.74) is 3.17. The van der Waals surface area contributed by atoms with Crippen molar-refractivity contribution in [3.8, 4) is 45.7 Å². The number of hydrogen-bond acceptors (Lipinski definition) is 7. The van der Waals surface area contributed by atoms with Crippen molar-refractivity contribution in [3.05, 3.63) is 78.9 Å². The van der Waals surface area contributed by atoms with E-state index in [9.17, 15) is 25.5 Å². The SMILES string of the molecule is Oc1c(O)c(O)c(-n2c3ccc(-c4ccccc4)nc3c3c4sc5ccccc5c4ccc32)c(O)c1O. The van der Waals surface area contributed by atoms with E-state index in [2.05, 4.69) is 12.1 Å². The molecular weight excluding hydrogens is 488 g/mol. The van der Waals surface area contributed by atoms with Gasteiger partial charge in [0.25, 0.3) is 0 Å². The lowest BCUT2D eigenvalue weighted by Gasteiger charge is -2.15. The minimum atomic E-state index is -1.00. The van der Waals surface area contributed by atoms with Crippen molar-refractivity contribution in [1.29, 1.82) is 0 Å². The summed E-state index contributed by atoms with van der Waals surface area (Å²) in [5, 5.41) is 55.1. The maximum absolute atomic E-state index is 10.8. The van der Waals surface area contributed by atoms with Gasteiger partial charge in [0.2, 0.25) is 17.2 Å². The smallest absolute Gasteiger partial charge is 0.208 e. The first-order chi connectivity index (χ1) is 18.0. The molecule has 7 rings (SSSR count). The molecule has 37 heavy (non-hydrogen) atoms. The molecule has 0 aliphatic rings. The topological polar surface area (TPSA) is 119 Å². The molecule has 4 aromatic carbocycles. The van der Waals surface area contributed by atoms with Crippen molar-refractivity contribution in [3.63, 3.8) is 0 Å². The van der Waals surface area contributed by atoms with Gasteiger partial charge in [-0.2, -0.15) is 0 Å². The Hall–Kier alpha value is -4.95. The van der Waals surface area contributed by atoms with Crippen LogP contribution in [0.2, 0.25) is 0 Å². The molecule has 0 fully saturated rings. The summed E-state index contributed by atoms with van der Waals surface area (Å²) in [6.45, 7) is 0. The predicted molar refractivity (Wildman–Crippen MR) is 145 cm³/mol. The van der Waals surface area contributed by atoms with Crippen LogP contribution in [0.4, 0.5) is 0 Å². The van der Waals surface area contributed by atoms with Crippen LogP contribution < -0.4 is 0 Å². The first-order valence-corrected chi connectivity index (χ1v) is 12.3. The molecule has 0 unspecified atom stereocenters. The number of nitrogens with zero attached hydrogens (tertiary/aromatic N) is 2. The third-order valence-corrected chi connectivity index (χ3v) is 7.96. The monoisotopic (exact) mass is 506 g/mol. The average Bonchev–Trinajstić information content (AvgIpc) is 3.47. The molecule has 0 aliphatic heterocycles. The van der Waals surface area contributed by atoms with E-state index in [1.165, 1.54) is 0 Å². The lowest BCUT2D eigenvalue weighted by Crippen LogP contribution is -1.97. The molecule has 180 valence electrons. The molecule has 5 N–H and O–H groups in total. The molecule has 0 amide bonds. The predicted octanol–water partition coefficient (Wildman–Crippen LogP) is 6.74. The number of hydrogen-bond donors (Lipinski definition) is 5. The van der Waals surface area contributed by atoms with Gasteiger partial charge in [-0.15, -0.1) is 11.3 Å². The number of phenols is 5. The zero-order valence-electron chi connectivity index (χ0n) is 19.0. The van der Waals surface area contributed by atoms with Crippen LogP contribution in [0.15, 0.2) is 78.9 Å². The number of aromatic nitrogens is 2. The van der Waals surface area contributed by atoms with Gasteiger partial charge in [0.05, 0.1) is 22.2 Å². The van der Waals surface area contributed by atoms with Gasteiger partial charge in [-0.05, 0) is 24.3 Å². The van der Waals surface area contributed by atoms with Gasteiger partial charge >= 0.3 is 0 Å². The minimum Gasteiger partial charge on any atom is -0.503 e. The van der Waals surface area contributed by atoms with E-state index in [4.69, 9.17) is 4.98 Å². The fraction of sp³-hybridized carbons (Fsp3) is 0. The lowest BCUT2D eigenvalue weighted by molar-refractivity contribution is 0.327. The van der Waals surface area contributed by atoms with E-state index in [0.717, 1.165) is 36.8 Å². The zero-order chi connectivity index (χ0) is 25.4. The molecule has 3 heterocycles. The fourth-order valence-electron chi connectivity index (χ4n) is 5.03. The minimum absolute atomic E-state index is 0.262. The standard InChI is InChI=1S/C29H18N2O5S/c32-24-23(25(33)27(35)28(36)26(24)34)31-18-12-10-16-15-8-4-5-9-20(15)37-29(16)21(18)22-19(31)13-11-17(30-22)14-6-2-1-3-7-14/h1-13,32-36H. The van der Waals surface area contributed by atoms with Gasteiger partial charge < -0.3 is 30.1 Å². The van der Waals surface area contributed by atoms with E-state index < -0.39 is 28.7 Å². The van der Waals surface area contributed by atoms with Crippen LogP contribution >= 0.6 is 11.3 Å². The average molecular weight is 507 g/mol. The van der Waals surface area contributed by atoms with Gasteiger partial charge in [-0.1, -0.05) is 54.6 Å². The highest BCUT2D eigenvalue weighted by molar-refractivity contribution is 7.26. The Morgan fingerprint density at radius 2 is 1.24 bits per heavy atom. The quantitative estimate of drug-likeness (QED) is 0.131. The molecule has 0 saturated heterocycles.